The van der Waals surface area contributed by atoms with Gasteiger partial charge in [0.25, 0.3) is 0 Å². The molecule has 0 bridgehead atoms. The Hall–Kier alpha value is -1.06. The quantitative estimate of drug-likeness (QED) is 0.880. The molecule has 0 heterocycles. The molecule has 21 heavy (non-hydrogen) atoms. The van der Waals surface area contributed by atoms with Gasteiger partial charge in [-0.2, -0.15) is 0 Å². The number of carbonyl (C=O) groups excluding carboxylic acids is 1. The van der Waals surface area contributed by atoms with Gasteiger partial charge in [-0.1, -0.05) is 44.4 Å². The van der Waals surface area contributed by atoms with Gasteiger partial charge in [-0.3, -0.25) is 4.79 Å². The highest BCUT2D eigenvalue weighted by molar-refractivity contribution is 6.30. The third-order valence-corrected chi connectivity index (χ3v) is 4.89. The molecule has 0 saturated heterocycles. The molecule has 1 aliphatic carbocycles. The van der Waals surface area contributed by atoms with Crippen molar-refractivity contribution >= 4 is 23.2 Å². The molecule has 1 aliphatic rings. The molecule has 0 aliphatic heterocycles. The summed E-state index contributed by atoms with van der Waals surface area (Å²) in [6.07, 6.45) is 3.69. The van der Waals surface area contributed by atoms with E-state index in [1.165, 1.54) is 12.8 Å². The van der Waals surface area contributed by atoms with Gasteiger partial charge in [-0.25, -0.2) is 0 Å². The first kappa shape index (κ1) is 16.3. The van der Waals surface area contributed by atoms with Gasteiger partial charge >= 0.3 is 0 Å². The molecule has 3 nitrogen and oxygen atoms in total. The number of hydrogen-bond acceptors (Lipinski definition) is 2. The SMILES string of the molecule is C[C@@H]1[C@@H](C)CCC[C@H]1N[C@@H](C)C(=O)Nc1cccc(Cl)c1. The minimum Gasteiger partial charge on any atom is -0.325 e. The van der Waals surface area contributed by atoms with Crippen LogP contribution in [-0.2, 0) is 4.79 Å². The van der Waals surface area contributed by atoms with Gasteiger partial charge in [0.2, 0.25) is 5.91 Å². The molecule has 1 amide bonds. The number of anilines is 1. The fraction of sp³-hybridized carbons (Fsp3) is 0.588. The number of rotatable bonds is 4. The summed E-state index contributed by atoms with van der Waals surface area (Å²) in [4.78, 5) is 12.3. The highest BCUT2D eigenvalue weighted by Gasteiger charge is 2.29. The predicted octanol–water partition coefficient (Wildman–Crippen LogP) is 4.08. The van der Waals surface area contributed by atoms with Crippen molar-refractivity contribution in [2.24, 2.45) is 11.8 Å². The zero-order chi connectivity index (χ0) is 15.4. The third-order valence-electron chi connectivity index (χ3n) is 4.66. The van der Waals surface area contributed by atoms with Gasteiger partial charge in [0.05, 0.1) is 6.04 Å². The molecule has 1 saturated carbocycles. The number of benzene rings is 1. The molecule has 116 valence electrons. The second-order valence-electron chi connectivity index (χ2n) is 6.26. The Labute approximate surface area is 132 Å². The molecule has 1 aromatic carbocycles. The monoisotopic (exact) mass is 308 g/mol. The van der Waals surface area contributed by atoms with Crippen molar-refractivity contribution in [1.82, 2.24) is 5.32 Å². The Morgan fingerprint density at radius 2 is 2.10 bits per heavy atom. The molecule has 4 heteroatoms. The topological polar surface area (TPSA) is 41.1 Å². The fourth-order valence-electron chi connectivity index (χ4n) is 3.03. The lowest BCUT2D eigenvalue weighted by Gasteiger charge is -2.36. The molecular weight excluding hydrogens is 284 g/mol. The van der Waals surface area contributed by atoms with E-state index in [0.29, 0.717) is 17.0 Å². The van der Waals surface area contributed by atoms with Crippen molar-refractivity contribution in [1.29, 1.82) is 0 Å². The summed E-state index contributed by atoms with van der Waals surface area (Å²) in [5, 5.41) is 7.03. The van der Waals surface area contributed by atoms with Crippen LogP contribution >= 0.6 is 11.6 Å². The van der Waals surface area contributed by atoms with Crippen molar-refractivity contribution in [3.8, 4) is 0 Å². The maximum atomic E-state index is 12.3. The summed E-state index contributed by atoms with van der Waals surface area (Å²) in [6.45, 7) is 6.50. The maximum Gasteiger partial charge on any atom is 0.241 e. The number of hydrogen-bond donors (Lipinski definition) is 2. The van der Waals surface area contributed by atoms with Crippen molar-refractivity contribution in [3.05, 3.63) is 29.3 Å². The van der Waals surface area contributed by atoms with E-state index in [1.807, 2.05) is 19.1 Å². The molecule has 1 fully saturated rings. The van der Waals surface area contributed by atoms with E-state index in [0.717, 1.165) is 18.0 Å². The van der Waals surface area contributed by atoms with E-state index >= 15 is 0 Å². The van der Waals surface area contributed by atoms with Crippen LogP contribution in [0.15, 0.2) is 24.3 Å². The van der Waals surface area contributed by atoms with E-state index in [1.54, 1.807) is 12.1 Å². The number of nitrogens with one attached hydrogen (secondary N) is 2. The minimum atomic E-state index is -0.207. The van der Waals surface area contributed by atoms with Gasteiger partial charge in [-0.05, 0) is 43.4 Å². The summed E-state index contributed by atoms with van der Waals surface area (Å²) >= 11 is 5.93. The van der Waals surface area contributed by atoms with Crippen LogP contribution in [0.1, 0.15) is 40.0 Å². The molecule has 0 radical (unpaired) electrons. The summed E-state index contributed by atoms with van der Waals surface area (Å²) < 4.78 is 0. The first-order valence-electron chi connectivity index (χ1n) is 7.80. The van der Waals surface area contributed by atoms with Crippen LogP contribution in [0.25, 0.3) is 0 Å². The normalized spacial score (nSPS) is 27.1. The first-order valence-corrected chi connectivity index (χ1v) is 8.17. The molecule has 1 aromatic rings. The van der Waals surface area contributed by atoms with E-state index in [-0.39, 0.29) is 11.9 Å². The van der Waals surface area contributed by atoms with E-state index in [9.17, 15) is 4.79 Å². The van der Waals surface area contributed by atoms with Crippen molar-refractivity contribution in [2.75, 3.05) is 5.32 Å². The summed E-state index contributed by atoms with van der Waals surface area (Å²) in [5.41, 5.74) is 0.742. The molecule has 2 N–H and O–H groups in total. The molecule has 2 rings (SSSR count). The van der Waals surface area contributed by atoms with Crippen LogP contribution in [-0.4, -0.2) is 18.0 Å². The second-order valence-corrected chi connectivity index (χ2v) is 6.70. The lowest BCUT2D eigenvalue weighted by atomic mass is 9.78. The number of halogens is 1. The molecule has 4 atom stereocenters. The lowest BCUT2D eigenvalue weighted by molar-refractivity contribution is -0.118. The summed E-state index contributed by atoms with van der Waals surface area (Å²) in [7, 11) is 0. The average molecular weight is 309 g/mol. The van der Waals surface area contributed by atoms with Gasteiger partial charge < -0.3 is 10.6 Å². The second kappa shape index (κ2) is 7.28. The zero-order valence-corrected chi connectivity index (χ0v) is 13.8. The van der Waals surface area contributed by atoms with Gasteiger partial charge in [0, 0.05) is 16.8 Å². The smallest absolute Gasteiger partial charge is 0.241 e. The molecule has 0 aromatic heterocycles. The lowest BCUT2D eigenvalue weighted by Crippen LogP contribution is -2.49. The Bertz CT molecular complexity index is 491. The highest BCUT2D eigenvalue weighted by Crippen LogP contribution is 2.29. The van der Waals surface area contributed by atoms with E-state index in [2.05, 4.69) is 24.5 Å². The van der Waals surface area contributed by atoms with Gasteiger partial charge in [0.1, 0.15) is 0 Å². The fourth-order valence-corrected chi connectivity index (χ4v) is 3.22. The molecule has 0 spiro atoms. The maximum absolute atomic E-state index is 12.3. The van der Waals surface area contributed by atoms with Crippen LogP contribution in [0.4, 0.5) is 5.69 Å². The van der Waals surface area contributed by atoms with Gasteiger partial charge in [-0.15, -0.1) is 0 Å². The first-order chi connectivity index (χ1) is 9.97. The predicted molar refractivity (Wildman–Crippen MR) is 88.6 cm³/mol. The van der Waals surface area contributed by atoms with E-state index in [4.69, 9.17) is 11.6 Å². The highest BCUT2D eigenvalue weighted by atomic mass is 35.5. The van der Waals surface area contributed by atoms with Crippen LogP contribution in [0.5, 0.6) is 0 Å². The van der Waals surface area contributed by atoms with Crippen molar-refractivity contribution < 1.29 is 4.79 Å². The largest absolute Gasteiger partial charge is 0.325 e. The number of amides is 1. The van der Waals surface area contributed by atoms with Crippen LogP contribution in [0, 0.1) is 11.8 Å². The molecule has 0 unspecified atom stereocenters. The number of carbonyl (C=O) groups is 1. The third kappa shape index (κ3) is 4.45. The Kier molecular flexibility index (Phi) is 5.65. The van der Waals surface area contributed by atoms with Crippen LogP contribution in [0.2, 0.25) is 5.02 Å². The standard InChI is InChI=1S/C17H25ClN2O/c1-11-6-4-9-16(12(11)2)19-13(3)17(21)20-15-8-5-7-14(18)10-15/h5,7-8,10-13,16,19H,4,6,9H2,1-3H3,(H,20,21)/t11-,12+,13-,16+/m0/s1. The molecular formula is C17H25ClN2O. The summed E-state index contributed by atoms with van der Waals surface area (Å²) in [6, 6.07) is 7.46. The van der Waals surface area contributed by atoms with E-state index < -0.39 is 0 Å². The zero-order valence-electron chi connectivity index (χ0n) is 13.0. The van der Waals surface area contributed by atoms with Crippen LogP contribution in [0.3, 0.4) is 0 Å². The average Bonchev–Trinajstić information content (AvgIpc) is 2.44. The van der Waals surface area contributed by atoms with Crippen molar-refractivity contribution in [2.45, 2.75) is 52.1 Å². The minimum absolute atomic E-state index is 0.0114. The Balaban J connectivity index is 1.90. The Morgan fingerprint density at radius 3 is 2.81 bits per heavy atom. The summed E-state index contributed by atoms with van der Waals surface area (Å²) in [5.74, 6) is 1.32. The Morgan fingerprint density at radius 1 is 1.33 bits per heavy atom. The van der Waals surface area contributed by atoms with Crippen LogP contribution < -0.4 is 10.6 Å². The van der Waals surface area contributed by atoms with Gasteiger partial charge in [0.15, 0.2) is 0 Å². The van der Waals surface area contributed by atoms with Crippen molar-refractivity contribution in [3.63, 3.8) is 0 Å².